The molecule has 1 unspecified atom stereocenters. The second-order valence-electron chi connectivity index (χ2n) is 6.95. The van der Waals surface area contributed by atoms with Crippen molar-refractivity contribution < 1.29 is 9.18 Å². The van der Waals surface area contributed by atoms with Crippen molar-refractivity contribution in [1.82, 2.24) is 10.3 Å². The van der Waals surface area contributed by atoms with Gasteiger partial charge in [-0.15, -0.1) is 11.3 Å². The molecule has 0 spiro atoms. The molecular formula is C20H20FN3OS. The van der Waals surface area contributed by atoms with Crippen molar-refractivity contribution >= 4 is 33.1 Å². The van der Waals surface area contributed by atoms with Gasteiger partial charge in [-0.25, -0.2) is 9.37 Å². The molecule has 6 heteroatoms. The fourth-order valence-electron chi connectivity index (χ4n) is 3.41. The molecular weight excluding hydrogens is 349 g/mol. The summed E-state index contributed by atoms with van der Waals surface area (Å²) in [4.78, 5) is 18.6. The van der Waals surface area contributed by atoms with Crippen molar-refractivity contribution in [1.29, 1.82) is 0 Å². The van der Waals surface area contributed by atoms with Gasteiger partial charge in [-0.05, 0) is 54.5 Å². The van der Waals surface area contributed by atoms with Crippen molar-refractivity contribution in [2.24, 2.45) is 5.92 Å². The largest absolute Gasteiger partial charge is 0.397 e. The molecule has 0 bridgehead atoms. The standard InChI is InChI=1S/C20H20FN3OS/c1-11-2-7-16-13(8-11)9-15-17(22)18(26-20(15)24-16)19(25)23-10-12-3-5-14(21)6-4-12/h3-6,9,11H,2,7-8,10,22H2,1H3,(H,23,25). The van der Waals surface area contributed by atoms with Gasteiger partial charge in [0.25, 0.3) is 5.91 Å². The third kappa shape index (κ3) is 3.17. The Labute approximate surface area is 155 Å². The van der Waals surface area contributed by atoms with E-state index in [9.17, 15) is 9.18 Å². The van der Waals surface area contributed by atoms with Gasteiger partial charge in [0.05, 0.1) is 5.69 Å². The first-order valence-corrected chi connectivity index (χ1v) is 9.56. The number of thiophene rings is 1. The minimum atomic E-state index is -0.293. The molecule has 0 aliphatic heterocycles. The van der Waals surface area contributed by atoms with Crippen LogP contribution < -0.4 is 11.1 Å². The highest BCUT2D eigenvalue weighted by molar-refractivity contribution is 7.21. The van der Waals surface area contributed by atoms with Gasteiger partial charge in [0.2, 0.25) is 0 Å². The lowest BCUT2D eigenvalue weighted by Crippen LogP contribution is -2.22. The van der Waals surface area contributed by atoms with Gasteiger partial charge in [0, 0.05) is 17.6 Å². The summed E-state index contributed by atoms with van der Waals surface area (Å²) in [7, 11) is 0. The predicted octanol–water partition coefficient (Wildman–Crippen LogP) is 4.07. The average molecular weight is 369 g/mol. The molecule has 3 aromatic rings. The fourth-order valence-corrected chi connectivity index (χ4v) is 4.42. The van der Waals surface area contributed by atoms with Gasteiger partial charge < -0.3 is 11.1 Å². The maximum absolute atomic E-state index is 13.0. The number of carbonyl (C=O) groups is 1. The highest BCUT2D eigenvalue weighted by Crippen LogP contribution is 2.36. The Hall–Kier alpha value is -2.47. The summed E-state index contributed by atoms with van der Waals surface area (Å²) >= 11 is 1.34. The quantitative estimate of drug-likeness (QED) is 0.731. The summed E-state index contributed by atoms with van der Waals surface area (Å²) in [5, 5.41) is 3.72. The van der Waals surface area contributed by atoms with E-state index < -0.39 is 0 Å². The number of hydrogen-bond acceptors (Lipinski definition) is 4. The third-order valence-corrected chi connectivity index (χ3v) is 6.02. The predicted molar refractivity (Wildman–Crippen MR) is 103 cm³/mol. The Balaban J connectivity index is 1.58. The molecule has 4 rings (SSSR count). The second kappa shape index (κ2) is 6.68. The van der Waals surface area contributed by atoms with Crippen molar-refractivity contribution in [3.63, 3.8) is 0 Å². The molecule has 0 fully saturated rings. The zero-order valence-corrected chi connectivity index (χ0v) is 15.3. The molecule has 1 aliphatic carbocycles. The van der Waals surface area contributed by atoms with Crippen LogP contribution in [0.25, 0.3) is 10.2 Å². The van der Waals surface area contributed by atoms with Gasteiger partial charge in [-0.3, -0.25) is 4.79 Å². The molecule has 4 nitrogen and oxygen atoms in total. The van der Waals surface area contributed by atoms with Crippen LogP contribution in [0.4, 0.5) is 10.1 Å². The molecule has 1 atom stereocenters. The molecule has 1 amide bonds. The molecule has 3 N–H and O–H groups in total. The first-order chi connectivity index (χ1) is 12.5. The van der Waals surface area contributed by atoms with Crippen molar-refractivity contribution in [2.75, 3.05) is 5.73 Å². The molecule has 26 heavy (non-hydrogen) atoms. The number of nitrogen functional groups attached to an aromatic ring is 1. The van der Waals surface area contributed by atoms with Gasteiger partial charge >= 0.3 is 0 Å². The summed E-state index contributed by atoms with van der Waals surface area (Å²) in [5.41, 5.74) is 9.97. The number of halogens is 1. The van der Waals surface area contributed by atoms with Crippen molar-refractivity contribution in [3.8, 4) is 0 Å². The molecule has 2 heterocycles. The molecule has 0 saturated heterocycles. The smallest absolute Gasteiger partial charge is 0.263 e. The summed E-state index contributed by atoms with van der Waals surface area (Å²) in [6, 6.07) is 8.17. The average Bonchev–Trinajstić information content (AvgIpc) is 2.95. The minimum absolute atomic E-state index is 0.221. The number of nitrogens with two attached hydrogens (primary N) is 1. The first kappa shape index (κ1) is 17.0. The van der Waals surface area contributed by atoms with E-state index in [4.69, 9.17) is 10.7 Å². The van der Waals surface area contributed by atoms with Crippen LogP contribution in [0.5, 0.6) is 0 Å². The number of rotatable bonds is 3. The van der Waals surface area contributed by atoms with Crippen LogP contribution in [0.15, 0.2) is 30.3 Å². The second-order valence-corrected chi connectivity index (χ2v) is 7.95. The highest BCUT2D eigenvalue weighted by atomic mass is 32.1. The van der Waals surface area contributed by atoms with Crippen molar-refractivity contribution in [2.45, 2.75) is 32.7 Å². The number of aryl methyl sites for hydroxylation is 1. The lowest BCUT2D eigenvalue weighted by molar-refractivity contribution is 0.0956. The first-order valence-electron chi connectivity index (χ1n) is 8.74. The van der Waals surface area contributed by atoms with E-state index >= 15 is 0 Å². The van der Waals surface area contributed by atoms with Crippen LogP contribution in [0.1, 0.15) is 39.8 Å². The lowest BCUT2D eigenvalue weighted by atomic mass is 9.87. The van der Waals surface area contributed by atoms with E-state index in [1.54, 1.807) is 12.1 Å². The van der Waals surface area contributed by atoms with E-state index in [-0.39, 0.29) is 11.7 Å². The summed E-state index contributed by atoms with van der Waals surface area (Å²) in [6.07, 6.45) is 3.15. The summed E-state index contributed by atoms with van der Waals surface area (Å²) in [5.74, 6) is 0.138. The normalized spacial score (nSPS) is 16.5. The molecule has 2 aromatic heterocycles. The van der Waals surface area contributed by atoms with Crippen LogP contribution in [-0.2, 0) is 19.4 Å². The van der Waals surface area contributed by atoms with Crippen LogP contribution in [0, 0.1) is 11.7 Å². The molecule has 1 aromatic carbocycles. The Morgan fingerprint density at radius 3 is 2.92 bits per heavy atom. The van der Waals surface area contributed by atoms with Gasteiger partial charge in [0.15, 0.2) is 0 Å². The van der Waals surface area contributed by atoms with Crippen LogP contribution in [0.3, 0.4) is 0 Å². The Bertz CT molecular complexity index is 981. The Kier molecular flexibility index (Phi) is 4.36. The number of fused-ring (bicyclic) bond motifs is 2. The van der Waals surface area contributed by atoms with E-state index in [0.29, 0.717) is 23.0 Å². The zero-order chi connectivity index (χ0) is 18.3. The molecule has 134 valence electrons. The Morgan fingerprint density at radius 1 is 1.38 bits per heavy atom. The number of amides is 1. The number of hydrogen-bond donors (Lipinski definition) is 2. The van der Waals surface area contributed by atoms with E-state index in [2.05, 4.69) is 18.3 Å². The molecule has 0 saturated carbocycles. The number of aromatic nitrogens is 1. The van der Waals surface area contributed by atoms with Crippen LogP contribution in [0.2, 0.25) is 0 Å². The SMILES string of the molecule is CC1CCc2nc3sc(C(=O)NCc4ccc(F)cc4)c(N)c3cc2C1. The van der Waals surface area contributed by atoms with Crippen LogP contribution >= 0.6 is 11.3 Å². The van der Waals surface area contributed by atoms with E-state index in [1.165, 1.54) is 29.0 Å². The Morgan fingerprint density at radius 2 is 2.15 bits per heavy atom. The van der Waals surface area contributed by atoms with Gasteiger partial charge in [0.1, 0.15) is 15.5 Å². The number of anilines is 1. The lowest BCUT2D eigenvalue weighted by Gasteiger charge is -2.20. The number of nitrogens with zero attached hydrogens (tertiary/aromatic N) is 1. The summed E-state index contributed by atoms with van der Waals surface area (Å²) < 4.78 is 13.0. The topological polar surface area (TPSA) is 68.0 Å². The van der Waals surface area contributed by atoms with E-state index in [1.807, 2.05) is 0 Å². The fraction of sp³-hybridized carbons (Fsp3) is 0.300. The molecule has 1 aliphatic rings. The van der Waals surface area contributed by atoms with Crippen LogP contribution in [-0.4, -0.2) is 10.9 Å². The number of pyridine rings is 1. The third-order valence-electron chi connectivity index (χ3n) is 4.90. The summed E-state index contributed by atoms with van der Waals surface area (Å²) in [6.45, 7) is 2.58. The number of benzene rings is 1. The van der Waals surface area contributed by atoms with Crippen molar-refractivity contribution in [3.05, 3.63) is 57.8 Å². The zero-order valence-electron chi connectivity index (χ0n) is 14.5. The highest BCUT2D eigenvalue weighted by Gasteiger charge is 2.22. The monoisotopic (exact) mass is 369 g/mol. The van der Waals surface area contributed by atoms with Gasteiger partial charge in [-0.1, -0.05) is 19.1 Å². The molecule has 0 radical (unpaired) electrons. The number of carbonyl (C=O) groups excluding carboxylic acids is 1. The van der Waals surface area contributed by atoms with Gasteiger partial charge in [-0.2, -0.15) is 0 Å². The maximum atomic E-state index is 13.0. The number of nitrogens with one attached hydrogen (secondary N) is 1. The maximum Gasteiger partial charge on any atom is 0.263 e. The minimum Gasteiger partial charge on any atom is -0.397 e. The van der Waals surface area contributed by atoms with E-state index in [0.717, 1.165) is 40.7 Å².